The number of halogens is 1. The smallest absolute Gasteiger partial charge is 0.0470 e. The van der Waals surface area contributed by atoms with E-state index in [2.05, 4.69) is 31.2 Å². The summed E-state index contributed by atoms with van der Waals surface area (Å²) in [5, 5.41) is 0.674. The molecular weight excluding hydrogens is 250 g/mol. The molecule has 0 unspecified atom stereocenters. The van der Waals surface area contributed by atoms with E-state index in [0.717, 1.165) is 17.0 Å². The average molecular weight is 264 g/mol. The zero-order valence-corrected chi connectivity index (χ0v) is 11.2. The third-order valence-corrected chi connectivity index (χ3v) is 3.87. The molecule has 2 N–H and O–H groups in total. The predicted molar refractivity (Wildman–Crippen MR) is 75.8 cm³/mol. The number of anilines is 1. The van der Waals surface area contributed by atoms with Crippen LogP contribution >= 0.6 is 23.4 Å². The highest BCUT2D eigenvalue weighted by molar-refractivity contribution is 7.99. The van der Waals surface area contributed by atoms with Crippen molar-refractivity contribution in [1.29, 1.82) is 0 Å². The van der Waals surface area contributed by atoms with Crippen LogP contribution in [0.25, 0.3) is 0 Å². The van der Waals surface area contributed by atoms with Crippen molar-refractivity contribution in [3.63, 3.8) is 0 Å². The lowest BCUT2D eigenvalue weighted by Crippen LogP contribution is -1.88. The minimum Gasteiger partial charge on any atom is -0.398 e. The fourth-order valence-electron chi connectivity index (χ4n) is 1.53. The van der Waals surface area contributed by atoms with Gasteiger partial charge in [0.05, 0.1) is 0 Å². The van der Waals surface area contributed by atoms with Crippen molar-refractivity contribution in [2.75, 3.05) is 5.73 Å². The van der Waals surface area contributed by atoms with Crippen LogP contribution in [0.4, 0.5) is 5.69 Å². The molecule has 0 amide bonds. The highest BCUT2D eigenvalue weighted by atomic mass is 35.5. The van der Waals surface area contributed by atoms with E-state index in [1.165, 1.54) is 10.5 Å². The lowest BCUT2D eigenvalue weighted by molar-refractivity contribution is 1.13. The first-order valence-electron chi connectivity index (χ1n) is 5.51. The largest absolute Gasteiger partial charge is 0.398 e. The minimum atomic E-state index is 0.674. The molecule has 0 bridgehead atoms. The Morgan fingerprint density at radius 2 is 1.82 bits per heavy atom. The van der Waals surface area contributed by atoms with Gasteiger partial charge in [0.2, 0.25) is 0 Å². The van der Waals surface area contributed by atoms with Gasteiger partial charge in [-0.2, -0.15) is 0 Å². The van der Waals surface area contributed by atoms with Gasteiger partial charge in [-0.3, -0.25) is 0 Å². The molecule has 0 atom stereocenters. The Bertz CT molecular complexity index is 508. The van der Waals surface area contributed by atoms with Crippen LogP contribution in [0.1, 0.15) is 12.5 Å². The summed E-state index contributed by atoms with van der Waals surface area (Å²) < 4.78 is 0. The van der Waals surface area contributed by atoms with Gasteiger partial charge in [0.25, 0.3) is 0 Å². The van der Waals surface area contributed by atoms with E-state index in [1.54, 1.807) is 17.8 Å². The number of nitrogens with two attached hydrogens (primary N) is 1. The maximum atomic E-state index is 5.92. The number of aryl methyl sites for hydroxylation is 1. The van der Waals surface area contributed by atoms with Crippen LogP contribution in [-0.2, 0) is 6.42 Å². The Labute approximate surface area is 111 Å². The molecule has 0 aliphatic rings. The molecule has 17 heavy (non-hydrogen) atoms. The minimum absolute atomic E-state index is 0.674. The van der Waals surface area contributed by atoms with Crippen molar-refractivity contribution in [3.8, 4) is 0 Å². The van der Waals surface area contributed by atoms with Crippen LogP contribution in [0.2, 0.25) is 5.02 Å². The third kappa shape index (κ3) is 3.18. The number of benzene rings is 2. The second-order valence-electron chi connectivity index (χ2n) is 3.78. The Kier molecular flexibility index (Phi) is 3.97. The molecule has 0 heterocycles. The summed E-state index contributed by atoms with van der Waals surface area (Å²) in [6, 6.07) is 14.1. The number of hydrogen-bond donors (Lipinski definition) is 1. The van der Waals surface area contributed by atoms with Gasteiger partial charge in [-0.05, 0) is 42.3 Å². The first-order valence-corrected chi connectivity index (χ1v) is 6.70. The van der Waals surface area contributed by atoms with Crippen molar-refractivity contribution in [2.45, 2.75) is 23.1 Å². The van der Waals surface area contributed by atoms with E-state index >= 15 is 0 Å². The predicted octanol–water partition coefficient (Wildman–Crippen LogP) is 4.64. The first-order chi connectivity index (χ1) is 8.19. The molecule has 0 aliphatic heterocycles. The van der Waals surface area contributed by atoms with Gasteiger partial charge in [0.15, 0.2) is 0 Å². The molecule has 1 nitrogen and oxygen atoms in total. The Morgan fingerprint density at radius 3 is 2.41 bits per heavy atom. The van der Waals surface area contributed by atoms with Crippen molar-refractivity contribution < 1.29 is 0 Å². The van der Waals surface area contributed by atoms with E-state index in [0.29, 0.717) is 5.02 Å². The first kappa shape index (κ1) is 12.3. The summed E-state index contributed by atoms with van der Waals surface area (Å²) >= 11 is 7.53. The molecule has 0 saturated heterocycles. The van der Waals surface area contributed by atoms with Gasteiger partial charge >= 0.3 is 0 Å². The molecule has 0 fully saturated rings. The average Bonchev–Trinajstić information content (AvgIpc) is 2.34. The van der Waals surface area contributed by atoms with Crippen molar-refractivity contribution in [3.05, 3.63) is 53.1 Å². The molecule has 2 aromatic carbocycles. The van der Waals surface area contributed by atoms with E-state index in [4.69, 9.17) is 17.3 Å². The lowest BCUT2D eigenvalue weighted by Gasteiger charge is -2.06. The molecule has 2 rings (SSSR count). The number of hydrogen-bond acceptors (Lipinski definition) is 2. The van der Waals surface area contributed by atoms with Crippen LogP contribution in [0, 0.1) is 0 Å². The summed E-state index contributed by atoms with van der Waals surface area (Å²) in [7, 11) is 0. The molecule has 88 valence electrons. The van der Waals surface area contributed by atoms with Gasteiger partial charge in [-0.25, -0.2) is 0 Å². The molecule has 2 aromatic rings. The SMILES string of the molecule is CCc1ccc(Sc2ccc(Cl)cc2N)cc1. The molecule has 0 radical (unpaired) electrons. The topological polar surface area (TPSA) is 26.0 Å². The Hall–Kier alpha value is -1.12. The highest BCUT2D eigenvalue weighted by Gasteiger charge is 2.02. The summed E-state index contributed by atoms with van der Waals surface area (Å²) in [4.78, 5) is 2.23. The van der Waals surface area contributed by atoms with Crippen LogP contribution in [0.3, 0.4) is 0 Å². The monoisotopic (exact) mass is 263 g/mol. The zero-order chi connectivity index (χ0) is 12.3. The van der Waals surface area contributed by atoms with Crippen molar-refractivity contribution in [2.24, 2.45) is 0 Å². The summed E-state index contributed by atoms with van der Waals surface area (Å²) in [6.07, 6.45) is 1.06. The van der Waals surface area contributed by atoms with E-state index in [-0.39, 0.29) is 0 Å². The number of nitrogen functional groups attached to an aromatic ring is 1. The molecular formula is C14H14ClNS. The standard InChI is InChI=1S/C14H14ClNS/c1-2-10-3-6-12(7-4-10)17-14-8-5-11(15)9-13(14)16/h3-9H,2,16H2,1H3. The van der Waals surface area contributed by atoms with Crippen LogP contribution in [0.15, 0.2) is 52.3 Å². The van der Waals surface area contributed by atoms with Gasteiger partial charge in [0.1, 0.15) is 0 Å². The summed E-state index contributed by atoms with van der Waals surface area (Å²) in [5.41, 5.74) is 7.99. The molecule has 0 spiro atoms. The van der Waals surface area contributed by atoms with Crippen LogP contribution < -0.4 is 5.73 Å². The fourth-order valence-corrected chi connectivity index (χ4v) is 2.55. The van der Waals surface area contributed by atoms with Crippen LogP contribution in [0.5, 0.6) is 0 Å². The van der Waals surface area contributed by atoms with E-state index < -0.39 is 0 Å². The van der Waals surface area contributed by atoms with Gasteiger partial charge < -0.3 is 5.73 Å². The van der Waals surface area contributed by atoms with Crippen molar-refractivity contribution >= 4 is 29.1 Å². The second kappa shape index (κ2) is 5.48. The molecule has 0 aliphatic carbocycles. The highest BCUT2D eigenvalue weighted by Crippen LogP contribution is 2.33. The van der Waals surface area contributed by atoms with E-state index in [9.17, 15) is 0 Å². The van der Waals surface area contributed by atoms with Gasteiger partial charge in [-0.1, -0.05) is 42.4 Å². The van der Waals surface area contributed by atoms with Gasteiger partial charge in [0, 0.05) is 20.5 Å². The Balaban J connectivity index is 2.19. The summed E-state index contributed by atoms with van der Waals surface area (Å²) in [6.45, 7) is 2.15. The molecule has 0 aromatic heterocycles. The van der Waals surface area contributed by atoms with E-state index in [1.807, 2.05) is 12.1 Å². The second-order valence-corrected chi connectivity index (χ2v) is 5.33. The quantitative estimate of drug-likeness (QED) is 0.817. The number of rotatable bonds is 3. The normalized spacial score (nSPS) is 10.5. The maximum absolute atomic E-state index is 5.92. The van der Waals surface area contributed by atoms with Gasteiger partial charge in [-0.15, -0.1) is 0 Å². The zero-order valence-electron chi connectivity index (χ0n) is 9.61. The van der Waals surface area contributed by atoms with Crippen molar-refractivity contribution in [1.82, 2.24) is 0 Å². The molecule has 0 saturated carbocycles. The molecule has 3 heteroatoms. The fraction of sp³-hybridized carbons (Fsp3) is 0.143. The Morgan fingerprint density at radius 1 is 1.12 bits per heavy atom. The maximum Gasteiger partial charge on any atom is 0.0470 e. The third-order valence-electron chi connectivity index (χ3n) is 2.53. The summed E-state index contributed by atoms with van der Waals surface area (Å²) in [5.74, 6) is 0. The van der Waals surface area contributed by atoms with Crippen LogP contribution in [-0.4, -0.2) is 0 Å². The lowest BCUT2D eigenvalue weighted by atomic mass is 10.2.